The molecule has 1 heterocycles. The van der Waals surface area contributed by atoms with Crippen LogP contribution in [0.1, 0.15) is 21.5 Å². The number of hydrogen-bond donors (Lipinski definition) is 1. The highest BCUT2D eigenvalue weighted by atomic mass is 16.5. The molecule has 0 fully saturated rings. The first kappa shape index (κ1) is 14.2. The van der Waals surface area contributed by atoms with Gasteiger partial charge in [-0.2, -0.15) is 0 Å². The highest BCUT2D eigenvalue weighted by Crippen LogP contribution is 2.34. The SMILES string of the molecule is COc1cc2cc(-c3ccc(C)cc3C(=O)O)oc2cc1C. The summed E-state index contributed by atoms with van der Waals surface area (Å²) in [7, 11) is 1.62. The minimum absolute atomic E-state index is 0.239. The lowest BCUT2D eigenvalue weighted by atomic mass is 10.0. The van der Waals surface area contributed by atoms with Gasteiger partial charge in [-0.3, -0.25) is 0 Å². The van der Waals surface area contributed by atoms with Gasteiger partial charge in [-0.1, -0.05) is 17.7 Å². The maximum absolute atomic E-state index is 11.5. The summed E-state index contributed by atoms with van der Waals surface area (Å²) >= 11 is 0. The first-order valence-corrected chi connectivity index (χ1v) is 6.92. The molecule has 1 aromatic heterocycles. The largest absolute Gasteiger partial charge is 0.496 e. The van der Waals surface area contributed by atoms with Crippen LogP contribution in [0.15, 0.2) is 40.8 Å². The number of carboxylic acid groups (broad SMARTS) is 1. The third kappa shape index (κ3) is 2.33. The molecule has 4 nitrogen and oxygen atoms in total. The van der Waals surface area contributed by atoms with Crippen molar-refractivity contribution in [2.45, 2.75) is 13.8 Å². The van der Waals surface area contributed by atoms with Crippen molar-refractivity contribution in [1.29, 1.82) is 0 Å². The third-order valence-electron chi connectivity index (χ3n) is 3.70. The van der Waals surface area contributed by atoms with Crippen molar-refractivity contribution in [3.63, 3.8) is 0 Å². The highest BCUT2D eigenvalue weighted by molar-refractivity contribution is 5.97. The molecule has 0 amide bonds. The maximum Gasteiger partial charge on any atom is 0.336 e. The Labute approximate surface area is 127 Å². The number of fused-ring (bicyclic) bond motifs is 1. The molecule has 0 saturated heterocycles. The number of aryl methyl sites for hydroxylation is 2. The molecule has 0 spiro atoms. The Kier molecular flexibility index (Phi) is 3.37. The van der Waals surface area contributed by atoms with E-state index in [4.69, 9.17) is 9.15 Å². The van der Waals surface area contributed by atoms with Crippen molar-refractivity contribution in [3.8, 4) is 17.1 Å². The molecule has 0 saturated carbocycles. The van der Waals surface area contributed by atoms with Crippen molar-refractivity contribution in [2.75, 3.05) is 7.11 Å². The number of benzene rings is 2. The fourth-order valence-electron chi connectivity index (χ4n) is 2.57. The van der Waals surface area contributed by atoms with Gasteiger partial charge in [0.05, 0.1) is 12.7 Å². The molecule has 4 heteroatoms. The molecule has 0 bridgehead atoms. The number of ether oxygens (including phenoxy) is 1. The van der Waals surface area contributed by atoms with E-state index in [1.54, 1.807) is 19.2 Å². The Hall–Kier alpha value is -2.75. The van der Waals surface area contributed by atoms with Crippen LogP contribution in [0, 0.1) is 13.8 Å². The molecule has 22 heavy (non-hydrogen) atoms. The van der Waals surface area contributed by atoms with Crippen LogP contribution in [0.4, 0.5) is 0 Å². The van der Waals surface area contributed by atoms with Crippen LogP contribution >= 0.6 is 0 Å². The molecule has 1 N–H and O–H groups in total. The zero-order valence-electron chi connectivity index (χ0n) is 12.6. The molecule has 0 aliphatic rings. The van der Waals surface area contributed by atoms with E-state index >= 15 is 0 Å². The summed E-state index contributed by atoms with van der Waals surface area (Å²) in [5.74, 6) is 0.357. The van der Waals surface area contributed by atoms with Crippen LogP contribution in [-0.2, 0) is 0 Å². The first-order valence-electron chi connectivity index (χ1n) is 6.92. The molecule has 0 atom stereocenters. The number of methoxy groups -OCH3 is 1. The summed E-state index contributed by atoms with van der Waals surface area (Å²) in [6.07, 6.45) is 0. The van der Waals surface area contributed by atoms with E-state index in [-0.39, 0.29) is 5.56 Å². The number of furan rings is 1. The van der Waals surface area contributed by atoms with Crippen molar-refractivity contribution >= 4 is 16.9 Å². The van der Waals surface area contributed by atoms with Gasteiger partial charge in [0, 0.05) is 10.9 Å². The Morgan fingerprint density at radius 2 is 1.91 bits per heavy atom. The molecule has 3 aromatic rings. The predicted molar refractivity (Wildman–Crippen MR) is 84.6 cm³/mol. The minimum Gasteiger partial charge on any atom is -0.496 e. The van der Waals surface area contributed by atoms with Gasteiger partial charge in [-0.15, -0.1) is 0 Å². The van der Waals surface area contributed by atoms with Gasteiger partial charge in [0.25, 0.3) is 0 Å². The van der Waals surface area contributed by atoms with E-state index in [9.17, 15) is 9.90 Å². The summed E-state index contributed by atoms with van der Waals surface area (Å²) in [5, 5.41) is 10.3. The predicted octanol–water partition coefficient (Wildman–Crippen LogP) is 4.42. The van der Waals surface area contributed by atoms with Crippen LogP contribution in [0.3, 0.4) is 0 Å². The Morgan fingerprint density at radius 3 is 2.59 bits per heavy atom. The molecule has 0 unspecified atom stereocenters. The van der Waals surface area contributed by atoms with Gasteiger partial charge in [0.2, 0.25) is 0 Å². The second-order valence-corrected chi connectivity index (χ2v) is 5.32. The van der Waals surface area contributed by atoms with Crippen LogP contribution in [0.5, 0.6) is 5.75 Å². The Morgan fingerprint density at radius 1 is 1.14 bits per heavy atom. The van der Waals surface area contributed by atoms with Gasteiger partial charge in [-0.05, 0) is 43.7 Å². The van der Waals surface area contributed by atoms with Gasteiger partial charge in [0.1, 0.15) is 17.1 Å². The van der Waals surface area contributed by atoms with Crippen LogP contribution in [0.2, 0.25) is 0 Å². The molecule has 112 valence electrons. The monoisotopic (exact) mass is 296 g/mol. The fourth-order valence-corrected chi connectivity index (χ4v) is 2.57. The van der Waals surface area contributed by atoms with Crippen LogP contribution in [-0.4, -0.2) is 18.2 Å². The van der Waals surface area contributed by atoms with Gasteiger partial charge in [-0.25, -0.2) is 4.79 Å². The van der Waals surface area contributed by atoms with Crippen molar-refractivity contribution in [3.05, 3.63) is 53.1 Å². The summed E-state index contributed by atoms with van der Waals surface area (Å²) < 4.78 is 11.2. The van der Waals surface area contributed by atoms with E-state index in [0.717, 1.165) is 22.3 Å². The van der Waals surface area contributed by atoms with E-state index in [1.165, 1.54) is 0 Å². The third-order valence-corrected chi connectivity index (χ3v) is 3.70. The van der Waals surface area contributed by atoms with E-state index in [2.05, 4.69) is 0 Å². The lowest BCUT2D eigenvalue weighted by Crippen LogP contribution is -1.99. The molecule has 0 aliphatic heterocycles. The molecule has 3 rings (SSSR count). The van der Waals surface area contributed by atoms with Crippen LogP contribution in [0.25, 0.3) is 22.3 Å². The maximum atomic E-state index is 11.5. The summed E-state index contributed by atoms with van der Waals surface area (Å²) in [6.45, 7) is 3.80. The second kappa shape index (κ2) is 5.22. The van der Waals surface area contributed by atoms with Gasteiger partial charge in [0.15, 0.2) is 0 Å². The zero-order chi connectivity index (χ0) is 15.9. The molecular formula is C18H16O4. The molecular weight excluding hydrogens is 280 g/mol. The van der Waals surface area contributed by atoms with Crippen molar-refractivity contribution in [1.82, 2.24) is 0 Å². The normalized spacial score (nSPS) is 10.9. The first-order chi connectivity index (χ1) is 10.5. The number of hydrogen-bond acceptors (Lipinski definition) is 3. The number of rotatable bonds is 3. The minimum atomic E-state index is -0.965. The standard InChI is InChI=1S/C18H16O4/c1-10-4-5-13(14(6-10)18(19)20)17-9-12-8-15(21-3)11(2)7-16(12)22-17/h4-9H,1-3H3,(H,19,20). The Bertz CT molecular complexity index is 874. The zero-order valence-corrected chi connectivity index (χ0v) is 12.6. The summed E-state index contributed by atoms with van der Waals surface area (Å²) in [5.41, 5.74) is 3.40. The van der Waals surface area contributed by atoms with E-state index < -0.39 is 5.97 Å². The van der Waals surface area contributed by atoms with E-state index in [0.29, 0.717) is 16.9 Å². The molecule has 0 radical (unpaired) electrons. The van der Waals surface area contributed by atoms with Gasteiger partial charge >= 0.3 is 5.97 Å². The number of aromatic carboxylic acids is 1. The lowest BCUT2D eigenvalue weighted by molar-refractivity contribution is 0.0697. The average molecular weight is 296 g/mol. The van der Waals surface area contributed by atoms with Crippen molar-refractivity contribution in [2.24, 2.45) is 0 Å². The van der Waals surface area contributed by atoms with Crippen molar-refractivity contribution < 1.29 is 19.1 Å². The quantitative estimate of drug-likeness (QED) is 0.777. The topological polar surface area (TPSA) is 59.7 Å². The number of carbonyl (C=O) groups is 1. The number of carboxylic acids is 1. The van der Waals surface area contributed by atoms with Crippen LogP contribution < -0.4 is 4.74 Å². The lowest BCUT2D eigenvalue weighted by Gasteiger charge is -2.04. The van der Waals surface area contributed by atoms with Gasteiger partial charge < -0.3 is 14.3 Å². The van der Waals surface area contributed by atoms with E-state index in [1.807, 2.05) is 38.1 Å². The average Bonchev–Trinajstić information content (AvgIpc) is 2.88. The summed E-state index contributed by atoms with van der Waals surface area (Å²) in [4.78, 5) is 11.5. The Balaban J connectivity index is 2.21. The fraction of sp³-hybridized carbons (Fsp3) is 0.167. The second-order valence-electron chi connectivity index (χ2n) is 5.32. The smallest absolute Gasteiger partial charge is 0.336 e. The summed E-state index contributed by atoms with van der Waals surface area (Å²) in [6, 6.07) is 10.9. The molecule has 0 aliphatic carbocycles. The molecule has 2 aromatic carbocycles. The highest BCUT2D eigenvalue weighted by Gasteiger charge is 2.16.